The van der Waals surface area contributed by atoms with Gasteiger partial charge in [0.05, 0.1) is 7.11 Å². The van der Waals surface area contributed by atoms with Crippen LogP contribution in [0.15, 0.2) is 18.2 Å². The van der Waals surface area contributed by atoms with Crippen molar-refractivity contribution in [1.29, 1.82) is 0 Å². The van der Waals surface area contributed by atoms with Gasteiger partial charge in [-0.1, -0.05) is 6.07 Å². The quantitative estimate of drug-likeness (QED) is 0.891. The smallest absolute Gasteiger partial charge is 0.258 e. The number of nitrogens with one attached hydrogen (secondary N) is 2. The van der Waals surface area contributed by atoms with E-state index in [1.165, 1.54) is 19.2 Å². The first-order valence-electron chi connectivity index (χ1n) is 6.06. The van der Waals surface area contributed by atoms with Gasteiger partial charge in [-0.05, 0) is 31.5 Å². The molecule has 1 aromatic carbocycles. The molecule has 1 saturated heterocycles. The van der Waals surface area contributed by atoms with E-state index in [0.29, 0.717) is 0 Å². The number of carbonyl (C=O) groups is 1. The lowest BCUT2D eigenvalue weighted by Gasteiger charge is -2.24. The van der Waals surface area contributed by atoms with Crippen LogP contribution in [0.5, 0.6) is 5.75 Å². The minimum atomic E-state index is -0.560. The van der Waals surface area contributed by atoms with Gasteiger partial charge in [0.15, 0.2) is 0 Å². The van der Waals surface area contributed by atoms with Crippen LogP contribution < -0.4 is 15.4 Å². The number of hydrogen-bond donors (Lipinski definition) is 2. The van der Waals surface area contributed by atoms with Gasteiger partial charge in [-0.25, -0.2) is 4.39 Å². The SMILES string of the molecule is COc1cccc(F)c1C(=O)NC1CCCNC1.Cl. The Hall–Kier alpha value is -1.33. The van der Waals surface area contributed by atoms with Crippen molar-refractivity contribution < 1.29 is 13.9 Å². The van der Waals surface area contributed by atoms with Gasteiger partial charge in [0, 0.05) is 12.6 Å². The number of piperidine rings is 1. The first kappa shape index (κ1) is 15.7. The second-order valence-corrected chi connectivity index (χ2v) is 4.33. The Balaban J connectivity index is 0.00000180. The van der Waals surface area contributed by atoms with Gasteiger partial charge in [0.2, 0.25) is 0 Å². The van der Waals surface area contributed by atoms with Crippen LogP contribution in [0, 0.1) is 5.82 Å². The third kappa shape index (κ3) is 3.81. The van der Waals surface area contributed by atoms with Crippen LogP contribution in [0.1, 0.15) is 23.2 Å². The summed E-state index contributed by atoms with van der Waals surface area (Å²) in [7, 11) is 1.42. The van der Waals surface area contributed by atoms with Crippen LogP contribution in [-0.2, 0) is 0 Å². The molecule has 1 aliphatic rings. The Morgan fingerprint density at radius 1 is 1.53 bits per heavy atom. The van der Waals surface area contributed by atoms with Crippen molar-refractivity contribution in [3.63, 3.8) is 0 Å². The Bertz CT molecular complexity index is 437. The van der Waals surface area contributed by atoms with E-state index in [1.807, 2.05) is 0 Å². The number of hydrogen-bond acceptors (Lipinski definition) is 3. The van der Waals surface area contributed by atoms with Crippen LogP contribution in [-0.4, -0.2) is 32.1 Å². The number of ether oxygens (including phenoxy) is 1. The molecular weight excluding hydrogens is 271 g/mol. The molecule has 1 heterocycles. The largest absolute Gasteiger partial charge is 0.496 e. The van der Waals surface area contributed by atoms with Gasteiger partial charge >= 0.3 is 0 Å². The molecule has 6 heteroatoms. The highest BCUT2D eigenvalue weighted by molar-refractivity contribution is 5.97. The molecule has 0 aromatic heterocycles. The van der Waals surface area contributed by atoms with E-state index < -0.39 is 11.7 Å². The highest BCUT2D eigenvalue weighted by atomic mass is 35.5. The molecule has 1 amide bonds. The molecule has 1 fully saturated rings. The van der Waals surface area contributed by atoms with Gasteiger partial charge in [-0.2, -0.15) is 0 Å². The molecular formula is C13H18ClFN2O2. The van der Waals surface area contributed by atoms with Crippen molar-refractivity contribution in [3.8, 4) is 5.75 Å². The van der Waals surface area contributed by atoms with Crippen LogP contribution in [0.25, 0.3) is 0 Å². The molecule has 19 heavy (non-hydrogen) atoms. The molecule has 0 bridgehead atoms. The van der Waals surface area contributed by atoms with Gasteiger partial charge in [0.1, 0.15) is 17.1 Å². The van der Waals surface area contributed by atoms with E-state index in [-0.39, 0.29) is 29.8 Å². The Labute approximate surface area is 118 Å². The fraction of sp³-hybridized carbons (Fsp3) is 0.462. The van der Waals surface area contributed by atoms with E-state index in [2.05, 4.69) is 10.6 Å². The van der Waals surface area contributed by atoms with Crippen molar-refractivity contribution in [1.82, 2.24) is 10.6 Å². The topological polar surface area (TPSA) is 50.4 Å². The molecule has 2 N–H and O–H groups in total. The van der Waals surface area contributed by atoms with Crippen LogP contribution in [0.4, 0.5) is 4.39 Å². The molecule has 0 radical (unpaired) electrons. The second-order valence-electron chi connectivity index (χ2n) is 4.33. The Kier molecular flexibility index (Phi) is 6.05. The maximum atomic E-state index is 13.7. The lowest BCUT2D eigenvalue weighted by molar-refractivity contribution is 0.0923. The lowest BCUT2D eigenvalue weighted by atomic mass is 10.1. The monoisotopic (exact) mass is 288 g/mol. The maximum Gasteiger partial charge on any atom is 0.258 e. The van der Waals surface area contributed by atoms with Crippen molar-refractivity contribution >= 4 is 18.3 Å². The molecule has 106 valence electrons. The second kappa shape index (κ2) is 7.31. The molecule has 2 rings (SSSR count). The van der Waals surface area contributed by atoms with Gasteiger partial charge in [-0.15, -0.1) is 12.4 Å². The van der Waals surface area contributed by atoms with E-state index >= 15 is 0 Å². The summed E-state index contributed by atoms with van der Waals surface area (Å²) in [6.07, 6.45) is 1.93. The summed E-state index contributed by atoms with van der Waals surface area (Å²) >= 11 is 0. The number of amides is 1. The van der Waals surface area contributed by atoms with Gasteiger partial charge in [-0.3, -0.25) is 4.79 Å². The first-order chi connectivity index (χ1) is 8.72. The van der Waals surface area contributed by atoms with Crippen LogP contribution >= 0.6 is 12.4 Å². The summed E-state index contributed by atoms with van der Waals surface area (Å²) in [5.41, 5.74) is -0.0226. The third-order valence-electron chi connectivity index (χ3n) is 3.05. The van der Waals surface area contributed by atoms with E-state index in [0.717, 1.165) is 25.9 Å². The first-order valence-corrected chi connectivity index (χ1v) is 6.06. The predicted molar refractivity (Wildman–Crippen MR) is 73.6 cm³/mol. The van der Waals surface area contributed by atoms with Gasteiger partial charge < -0.3 is 15.4 Å². The average Bonchev–Trinajstić information content (AvgIpc) is 2.39. The molecule has 1 aromatic rings. The molecule has 4 nitrogen and oxygen atoms in total. The zero-order valence-corrected chi connectivity index (χ0v) is 11.6. The number of methoxy groups -OCH3 is 1. The highest BCUT2D eigenvalue weighted by Gasteiger charge is 2.21. The van der Waals surface area contributed by atoms with Crippen LogP contribution in [0.2, 0.25) is 0 Å². The standard InChI is InChI=1S/C13H17FN2O2.ClH/c1-18-11-6-2-5-10(14)12(11)13(17)16-9-4-3-7-15-8-9;/h2,5-6,9,15H,3-4,7-8H2,1H3,(H,16,17);1H. The number of halogens is 2. The zero-order chi connectivity index (χ0) is 13.0. The lowest BCUT2D eigenvalue weighted by Crippen LogP contribution is -2.45. The minimum absolute atomic E-state index is 0. The predicted octanol–water partition coefficient (Wildman–Crippen LogP) is 1.74. The Morgan fingerprint density at radius 3 is 2.95 bits per heavy atom. The normalized spacial score (nSPS) is 18.3. The molecule has 0 saturated carbocycles. The van der Waals surface area contributed by atoms with Crippen molar-refractivity contribution in [2.45, 2.75) is 18.9 Å². The number of benzene rings is 1. The molecule has 1 aliphatic heterocycles. The average molecular weight is 289 g/mol. The fourth-order valence-corrected chi connectivity index (χ4v) is 2.13. The van der Waals surface area contributed by atoms with E-state index in [1.54, 1.807) is 6.07 Å². The van der Waals surface area contributed by atoms with Crippen molar-refractivity contribution in [2.24, 2.45) is 0 Å². The van der Waals surface area contributed by atoms with Crippen LogP contribution in [0.3, 0.4) is 0 Å². The number of carbonyl (C=O) groups excluding carboxylic acids is 1. The third-order valence-corrected chi connectivity index (χ3v) is 3.05. The fourth-order valence-electron chi connectivity index (χ4n) is 2.13. The molecule has 0 spiro atoms. The summed E-state index contributed by atoms with van der Waals surface area (Å²) in [4.78, 5) is 12.1. The molecule has 0 aliphatic carbocycles. The molecule has 1 atom stereocenters. The summed E-state index contributed by atoms with van der Waals surface area (Å²) in [5, 5.41) is 6.02. The summed E-state index contributed by atoms with van der Waals surface area (Å²) < 4.78 is 18.7. The zero-order valence-electron chi connectivity index (χ0n) is 10.7. The van der Waals surface area contributed by atoms with Crippen molar-refractivity contribution in [2.75, 3.05) is 20.2 Å². The minimum Gasteiger partial charge on any atom is -0.496 e. The van der Waals surface area contributed by atoms with Gasteiger partial charge in [0.25, 0.3) is 5.91 Å². The van der Waals surface area contributed by atoms with E-state index in [9.17, 15) is 9.18 Å². The highest BCUT2D eigenvalue weighted by Crippen LogP contribution is 2.21. The summed E-state index contributed by atoms with van der Waals surface area (Å²) in [6.45, 7) is 1.69. The van der Waals surface area contributed by atoms with Crippen molar-refractivity contribution in [3.05, 3.63) is 29.6 Å². The molecule has 1 unspecified atom stereocenters. The maximum absolute atomic E-state index is 13.7. The van der Waals surface area contributed by atoms with E-state index in [4.69, 9.17) is 4.74 Å². The number of rotatable bonds is 3. The summed E-state index contributed by atoms with van der Waals surface area (Å²) in [6, 6.07) is 4.41. The Morgan fingerprint density at radius 2 is 2.32 bits per heavy atom. The summed E-state index contributed by atoms with van der Waals surface area (Å²) in [5.74, 6) is -0.717.